The Hall–Kier alpha value is -2.82. The molecular weight excluding hydrogens is 328 g/mol. The smallest absolute Gasteiger partial charge is 0.242 e. The molecule has 0 radical (unpaired) electrons. The maximum absolute atomic E-state index is 13.1. The second-order valence-electron chi connectivity index (χ2n) is 6.70. The number of anilines is 2. The van der Waals surface area contributed by atoms with Gasteiger partial charge in [-0.3, -0.25) is 9.59 Å². The van der Waals surface area contributed by atoms with Crippen LogP contribution in [0.4, 0.5) is 11.4 Å². The van der Waals surface area contributed by atoms with E-state index >= 15 is 0 Å². The number of carbonyl (C=O) groups excluding carboxylic acids is 2. The summed E-state index contributed by atoms with van der Waals surface area (Å²) in [6.45, 7) is 7.64. The number of hydrogen-bond acceptors (Lipinski definition) is 3. The van der Waals surface area contributed by atoms with E-state index in [1.807, 2.05) is 38.1 Å². The Morgan fingerprint density at radius 1 is 1.12 bits per heavy atom. The molecule has 0 spiro atoms. The van der Waals surface area contributed by atoms with E-state index in [0.717, 1.165) is 11.3 Å². The molecule has 0 saturated heterocycles. The van der Waals surface area contributed by atoms with E-state index in [1.165, 1.54) is 0 Å². The van der Waals surface area contributed by atoms with Gasteiger partial charge in [-0.05, 0) is 57.5 Å². The minimum absolute atomic E-state index is 0.244. The lowest BCUT2D eigenvalue weighted by Gasteiger charge is -2.30. The van der Waals surface area contributed by atoms with Crippen LogP contribution in [0.2, 0.25) is 0 Å². The maximum atomic E-state index is 13.1. The average molecular weight is 354 g/mol. The summed E-state index contributed by atoms with van der Waals surface area (Å²) in [5.74, 6) is 0.0368. The van der Waals surface area contributed by atoms with E-state index in [9.17, 15) is 9.59 Å². The number of benzene rings is 2. The Labute approximate surface area is 155 Å². The molecule has 0 bridgehead atoms. The van der Waals surface area contributed by atoms with Crippen molar-refractivity contribution < 1.29 is 14.3 Å². The first-order valence-corrected chi connectivity index (χ1v) is 8.63. The molecule has 0 aliphatic carbocycles. The molecular formula is C21H26N2O3. The molecule has 0 aliphatic rings. The van der Waals surface area contributed by atoms with Crippen LogP contribution >= 0.6 is 0 Å². The van der Waals surface area contributed by atoms with Crippen LogP contribution in [0.25, 0.3) is 0 Å². The second kappa shape index (κ2) is 8.04. The van der Waals surface area contributed by atoms with Crippen LogP contribution < -0.4 is 15.0 Å². The van der Waals surface area contributed by atoms with E-state index in [4.69, 9.17) is 4.74 Å². The van der Waals surface area contributed by atoms with Gasteiger partial charge in [0.2, 0.25) is 11.8 Å². The molecule has 2 amide bonds. The number of rotatable bonds is 6. The topological polar surface area (TPSA) is 58.6 Å². The highest BCUT2D eigenvalue weighted by atomic mass is 16.5. The molecule has 0 atom stereocenters. The van der Waals surface area contributed by atoms with Crippen molar-refractivity contribution in [1.29, 1.82) is 0 Å². The summed E-state index contributed by atoms with van der Waals surface area (Å²) >= 11 is 0. The first kappa shape index (κ1) is 19.5. The summed E-state index contributed by atoms with van der Waals surface area (Å²) < 4.78 is 5.17. The maximum Gasteiger partial charge on any atom is 0.242 e. The van der Waals surface area contributed by atoms with E-state index in [2.05, 4.69) is 5.32 Å². The molecule has 2 rings (SSSR count). The van der Waals surface area contributed by atoms with Gasteiger partial charge in [-0.2, -0.15) is 0 Å². The molecule has 0 saturated carbocycles. The van der Waals surface area contributed by atoms with Gasteiger partial charge in [0.05, 0.1) is 7.11 Å². The molecule has 26 heavy (non-hydrogen) atoms. The number of nitrogens with one attached hydrogen (secondary N) is 1. The highest BCUT2D eigenvalue weighted by Crippen LogP contribution is 2.27. The molecule has 0 unspecified atom stereocenters. The minimum atomic E-state index is -1.22. The number of carbonyl (C=O) groups is 2. The molecule has 2 aromatic carbocycles. The molecule has 0 aromatic heterocycles. The SMILES string of the molecule is CCN(C(=O)C(C)(C)C(=O)Nc1cccc(OC)c1)c1cccc(C)c1. The number of hydrogen-bond donors (Lipinski definition) is 1. The van der Waals surface area contributed by atoms with Crippen LogP contribution in [0.5, 0.6) is 5.75 Å². The average Bonchev–Trinajstić information content (AvgIpc) is 2.62. The molecule has 1 N–H and O–H groups in total. The Morgan fingerprint density at radius 2 is 1.81 bits per heavy atom. The van der Waals surface area contributed by atoms with Gasteiger partial charge in [-0.1, -0.05) is 18.2 Å². The quantitative estimate of drug-likeness (QED) is 0.797. The largest absolute Gasteiger partial charge is 0.497 e. The number of ether oxygens (including phenoxy) is 1. The predicted octanol–water partition coefficient (Wildman–Crippen LogP) is 4.02. The molecule has 2 aromatic rings. The van der Waals surface area contributed by atoms with Crippen LogP contribution in [0, 0.1) is 12.3 Å². The van der Waals surface area contributed by atoms with Crippen molar-refractivity contribution in [3.63, 3.8) is 0 Å². The van der Waals surface area contributed by atoms with Crippen LogP contribution in [-0.2, 0) is 9.59 Å². The van der Waals surface area contributed by atoms with Gasteiger partial charge in [0, 0.05) is 24.0 Å². The summed E-state index contributed by atoms with van der Waals surface area (Å²) in [7, 11) is 1.56. The summed E-state index contributed by atoms with van der Waals surface area (Å²) in [6, 6.07) is 14.8. The lowest BCUT2D eigenvalue weighted by Crippen LogP contribution is -2.47. The Kier molecular flexibility index (Phi) is 6.03. The lowest BCUT2D eigenvalue weighted by atomic mass is 9.89. The molecule has 0 heterocycles. The number of aryl methyl sites for hydroxylation is 1. The summed E-state index contributed by atoms with van der Waals surface area (Å²) in [4.78, 5) is 27.5. The second-order valence-corrected chi connectivity index (χ2v) is 6.70. The zero-order chi connectivity index (χ0) is 19.3. The zero-order valence-corrected chi connectivity index (χ0v) is 16.0. The van der Waals surface area contributed by atoms with Crippen LogP contribution in [0.1, 0.15) is 26.3 Å². The fourth-order valence-corrected chi connectivity index (χ4v) is 2.66. The van der Waals surface area contributed by atoms with Crippen LogP contribution in [-0.4, -0.2) is 25.5 Å². The highest BCUT2D eigenvalue weighted by molar-refractivity contribution is 6.14. The first-order valence-electron chi connectivity index (χ1n) is 8.63. The first-order chi connectivity index (χ1) is 12.3. The normalized spacial score (nSPS) is 11.0. The Balaban J connectivity index is 2.22. The predicted molar refractivity (Wildman–Crippen MR) is 105 cm³/mol. The third-order valence-corrected chi connectivity index (χ3v) is 4.30. The monoisotopic (exact) mass is 354 g/mol. The minimum Gasteiger partial charge on any atom is -0.497 e. The van der Waals surface area contributed by atoms with Gasteiger partial charge in [-0.15, -0.1) is 0 Å². The molecule has 5 nitrogen and oxygen atoms in total. The molecule has 138 valence electrons. The Bertz CT molecular complexity index is 799. The van der Waals surface area contributed by atoms with Crippen molar-refractivity contribution in [2.24, 2.45) is 5.41 Å². The number of nitrogens with zero attached hydrogens (tertiary/aromatic N) is 1. The van der Waals surface area contributed by atoms with E-state index in [1.54, 1.807) is 50.1 Å². The van der Waals surface area contributed by atoms with Crippen molar-refractivity contribution in [3.05, 3.63) is 54.1 Å². The molecule has 0 aliphatic heterocycles. The third kappa shape index (κ3) is 4.23. The van der Waals surface area contributed by atoms with Gasteiger partial charge in [0.25, 0.3) is 0 Å². The molecule has 5 heteroatoms. The number of amides is 2. The highest BCUT2D eigenvalue weighted by Gasteiger charge is 2.39. The summed E-state index contributed by atoms with van der Waals surface area (Å²) in [5.41, 5.74) is 1.23. The van der Waals surface area contributed by atoms with Gasteiger partial charge in [-0.25, -0.2) is 0 Å². The Morgan fingerprint density at radius 3 is 2.42 bits per heavy atom. The third-order valence-electron chi connectivity index (χ3n) is 4.30. The zero-order valence-electron chi connectivity index (χ0n) is 16.0. The van der Waals surface area contributed by atoms with Gasteiger partial charge in [0.1, 0.15) is 11.2 Å². The van der Waals surface area contributed by atoms with E-state index in [-0.39, 0.29) is 11.8 Å². The van der Waals surface area contributed by atoms with Crippen molar-refractivity contribution >= 4 is 23.2 Å². The van der Waals surface area contributed by atoms with Crippen LogP contribution in [0.15, 0.2) is 48.5 Å². The van der Waals surface area contributed by atoms with E-state index < -0.39 is 5.41 Å². The van der Waals surface area contributed by atoms with Gasteiger partial charge < -0.3 is 15.0 Å². The van der Waals surface area contributed by atoms with Crippen molar-refractivity contribution in [3.8, 4) is 5.75 Å². The summed E-state index contributed by atoms with van der Waals surface area (Å²) in [6.07, 6.45) is 0. The standard InChI is InChI=1S/C21H26N2O3/c1-6-23(17-11-7-9-15(2)13-17)20(25)21(3,4)19(24)22-16-10-8-12-18(14-16)26-5/h7-14H,6H2,1-5H3,(H,22,24). The van der Waals surface area contributed by atoms with Crippen molar-refractivity contribution in [2.45, 2.75) is 27.7 Å². The van der Waals surface area contributed by atoms with Crippen molar-refractivity contribution in [1.82, 2.24) is 0 Å². The number of methoxy groups -OCH3 is 1. The summed E-state index contributed by atoms with van der Waals surface area (Å²) in [5, 5.41) is 2.81. The van der Waals surface area contributed by atoms with Gasteiger partial charge >= 0.3 is 0 Å². The fraction of sp³-hybridized carbons (Fsp3) is 0.333. The lowest BCUT2D eigenvalue weighted by molar-refractivity contribution is -0.136. The van der Waals surface area contributed by atoms with E-state index in [0.29, 0.717) is 18.0 Å². The molecule has 0 fully saturated rings. The van der Waals surface area contributed by atoms with Crippen molar-refractivity contribution in [2.75, 3.05) is 23.9 Å². The van der Waals surface area contributed by atoms with Crippen LogP contribution in [0.3, 0.4) is 0 Å². The van der Waals surface area contributed by atoms with Gasteiger partial charge in [0.15, 0.2) is 0 Å². The fourth-order valence-electron chi connectivity index (χ4n) is 2.66.